The molecule has 0 radical (unpaired) electrons. The molecular weight excluding hydrogens is 283 g/mol. The van der Waals surface area contributed by atoms with Gasteiger partial charge in [0.2, 0.25) is 0 Å². The van der Waals surface area contributed by atoms with E-state index in [0.717, 1.165) is 18.1 Å². The standard InChI is InChI=1S/C14H18ClFN2S/c1-14(2,3)7-10-8-17-13(19-10)18-12-5-4-9(15)6-11(12)16/h4-6,10H,7-8H2,1-3H3,(H,17,18). The van der Waals surface area contributed by atoms with Gasteiger partial charge in [-0.15, -0.1) is 0 Å². The molecule has 104 valence electrons. The first kappa shape index (κ1) is 14.7. The van der Waals surface area contributed by atoms with Gasteiger partial charge in [-0.25, -0.2) is 4.39 Å². The molecular formula is C14H18ClFN2S. The summed E-state index contributed by atoms with van der Waals surface area (Å²) >= 11 is 7.41. The first-order valence-electron chi connectivity index (χ1n) is 6.27. The minimum atomic E-state index is -0.352. The van der Waals surface area contributed by atoms with Crippen LogP contribution in [0.4, 0.5) is 10.1 Å². The van der Waals surface area contributed by atoms with Crippen LogP contribution in [0.25, 0.3) is 0 Å². The number of rotatable bonds is 2. The lowest BCUT2D eigenvalue weighted by atomic mass is 9.90. The highest BCUT2D eigenvalue weighted by Gasteiger charge is 2.25. The van der Waals surface area contributed by atoms with Crippen LogP contribution in [-0.4, -0.2) is 17.0 Å². The Bertz CT molecular complexity index is 497. The van der Waals surface area contributed by atoms with Gasteiger partial charge < -0.3 is 5.32 Å². The number of hydrogen-bond donors (Lipinski definition) is 1. The van der Waals surface area contributed by atoms with Gasteiger partial charge in [-0.2, -0.15) is 0 Å². The van der Waals surface area contributed by atoms with Crippen molar-refractivity contribution in [3.63, 3.8) is 0 Å². The Morgan fingerprint density at radius 3 is 2.84 bits per heavy atom. The van der Waals surface area contributed by atoms with Crippen LogP contribution < -0.4 is 5.32 Å². The lowest BCUT2D eigenvalue weighted by Crippen LogP contribution is -2.16. The molecule has 0 amide bonds. The van der Waals surface area contributed by atoms with E-state index >= 15 is 0 Å². The van der Waals surface area contributed by atoms with Gasteiger partial charge in [0.15, 0.2) is 5.17 Å². The van der Waals surface area contributed by atoms with Gasteiger partial charge >= 0.3 is 0 Å². The molecule has 1 unspecified atom stereocenters. The largest absolute Gasteiger partial charge is 0.333 e. The molecule has 0 aromatic heterocycles. The molecule has 0 aliphatic carbocycles. The van der Waals surface area contributed by atoms with Crippen LogP contribution in [0.5, 0.6) is 0 Å². The Balaban J connectivity index is 1.95. The summed E-state index contributed by atoms with van der Waals surface area (Å²) in [6, 6.07) is 4.61. The van der Waals surface area contributed by atoms with Crippen LogP contribution in [-0.2, 0) is 0 Å². The van der Waals surface area contributed by atoms with Gasteiger partial charge in [-0.05, 0) is 30.0 Å². The van der Waals surface area contributed by atoms with Crippen molar-refractivity contribution in [3.8, 4) is 0 Å². The Morgan fingerprint density at radius 2 is 2.21 bits per heavy atom. The van der Waals surface area contributed by atoms with Gasteiger partial charge in [0, 0.05) is 10.3 Å². The molecule has 19 heavy (non-hydrogen) atoms. The highest BCUT2D eigenvalue weighted by atomic mass is 35.5. The third kappa shape index (κ3) is 4.39. The summed E-state index contributed by atoms with van der Waals surface area (Å²) in [7, 11) is 0. The second kappa shape index (κ2) is 5.71. The average molecular weight is 301 g/mol. The van der Waals surface area contributed by atoms with Crippen molar-refractivity contribution in [3.05, 3.63) is 29.0 Å². The van der Waals surface area contributed by atoms with Crippen LogP contribution in [0.1, 0.15) is 27.2 Å². The normalized spacial score (nSPS) is 19.4. The number of anilines is 1. The molecule has 0 spiro atoms. The Morgan fingerprint density at radius 1 is 1.47 bits per heavy atom. The van der Waals surface area contributed by atoms with Gasteiger partial charge in [-0.3, -0.25) is 4.99 Å². The van der Waals surface area contributed by atoms with Crippen molar-refractivity contribution in [2.75, 3.05) is 11.9 Å². The third-order valence-electron chi connectivity index (χ3n) is 2.73. The van der Waals surface area contributed by atoms with E-state index in [2.05, 4.69) is 31.1 Å². The van der Waals surface area contributed by atoms with E-state index < -0.39 is 0 Å². The maximum atomic E-state index is 13.7. The van der Waals surface area contributed by atoms with Crippen molar-refractivity contribution >= 4 is 34.2 Å². The van der Waals surface area contributed by atoms with Gasteiger partial charge in [-0.1, -0.05) is 44.1 Å². The molecule has 1 aliphatic rings. The molecule has 1 aromatic carbocycles. The predicted molar refractivity (Wildman–Crippen MR) is 82.8 cm³/mol. The van der Waals surface area contributed by atoms with Crippen LogP contribution in [0.3, 0.4) is 0 Å². The lowest BCUT2D eigenvalue weighted by Gasteiger charge is -2.21. The summed E-state index contributed by atoms with van der Waals surface area (Å²) in [5, 5.41) is 4.69. The van der Waals surface area contributed by atoms with Gasteiger partial charge in [0.05, 0.1) is 12.2 Å². The Kier molecular flexibility index (Phi) is 4.41. The molecule has 1 N–H and O–H groups in total. The maximum absolute atomic E-state index is 13.7. The average Bonchev–Trinajstić information content (AvgIpc) is 2.67. The summed E-state index contributed by atoms with van der Waals surface area (Å²) < 4.78 is 13.7. The van der Waals surface area contributed by atoms with E-state index in [1.54, 1.807) is 23.9 Å². The minimum absolute atomic E-state index is 0.286. The quantitative estimate of drug-likeness (QED) is 0.848. The van der Waals surface area contributed by atoms with Crippen molar-refractivity contribution < 1.29 is 4.39 Å². The van der Waals surface area contributed by atoms with E-state index in [0.29, 0.717) is 16.0 Å². The number of thioether (sulfide) groups is 1. The van der Waals surface area contributed by atoms with E-state index in [-0.39, 0.29) is 11.2 Å². The van der Waals surface area contributed by atoms with Crippen LogP contribution in [0.15, 0.2) is 23.2 Å². The van der Waals surface area contributed by atoms with E-state index in [1.165, 1.54) is 6.07 Å². The fourth-order valence-electron chi connectivity index (χ4n) is 1.98. The molecule has 1 aromatic rings. The number of hydrogen-bond acceptors (Lipinski definition) is 3. The second-order valence-corrected chi connectivity index (χ2v) is 7.63. The third-order valence-corrected chi connectivity index (χ3v) is 4.07. The van der Waals surface area contributed by atoms with Gasteiger partial charge in [0.25, 0.3) is 0 Å². The highest BCUT2D eigenvalue weighted by molar-refractivity contribution is 8.15. The highest BCUT2D eigenvalue weighted by Crippen LogP contribution is 2.32. The van der Waals surface area contributed by atoms with Crippen LogP contribution >= 0.6 is 23.4 Å². The summed E-state index contributed by atoms with van der Waals surface area (Å²) in [6.07, 6.45) is 1.09. The molecule has 5 heteroatoms. The van der Waals surface area contributed by atoms with Crippen molar-refractivity contribution in [2.45, 2.75) is 32.4 Å². The molecule has 0 bridgehead atoms. The first-order chi connectivity index (χ1) is 8.83. The number of amidine groups is 1. The molecule has 0 fully saturated rings. The van der Waals surface area contributed by atoms with Gasteiger partial charge in [0.1, 0.15) is 5.82 Å². The lowest BCUT2D eigenvalue weighted by molar-refractivity contribution is 0.375. The summed E-state index contributed by atoms with van der Waals surface area (Å²) in [4.78, 5) is 4.43. The number of halogens is 2. The Hall–Kier alpha value is -0.740. The molecule has 1 aliphatic heterocycles. The fourth-order valence-corrected chi connectivity index (χ4v) is 3.51. The molecule has 1 atom stereocenters. The number of nitrogens with zero attached hydrogens (tertiary/aromatic N) is 1. The van der Waals surface area contributed by atoms with E-state index in [4.69, 9.17) is 11.6 Å². The topological polar surface area (TPSA) is 24.4 Å². The second-order valence-electron chi connectivity index (χ2n) is 5.90. The zero-order valence-corrected chi connectivity index (χ0v) is 12.9. The molecule has 2 nitrogen and oxygen atoms in total. The number of benzene rings is 1. The maximum Gasteiger partial charge on any atom is 0.161 e. The smallest absolute Gasteiger partial charge is 0.161 e. The predicted octanol–water partition coefficient (Wildman–Crippen LogP) is 4.80. The van der Waals surface area contributed by atoms with Crippen LogP contribution in [0.2, 0.25) is 5.02 Å². The monoisotopic (exact) mass is 300 g/mol. The van der Waals surface area contributed by atoms with E-state index in [1.807, 2.05) is 0 Å². The van der Waals surface area contributed by atoms with Crippen molar-refractivity contribution in [1.29, 1.82) is 0 Å². The number of aliphatic imine (C=N–C) groups is 1. The van der Waals surface area contributed by atoms with Crippen molar-refractivity contribution in [2.24, 2.45) is 10.4 Å². The SMILES string of the molecule is CC(C)(C)CC1CN=C(Nc2ccc(Cl)cc2F)S1. The molecule has 0 saturated heterocycles. The summed E-state index contributed by atoms with van der Waals surface area (Å²) in [6.45, 7) is 7.45. The Labute approximate surface area is 122 Å². The molecule has 0 saturated carbocycles. The first-order valence-corrected chi connectivity index (χ1v) is 7.52. The fraction of sp³-hybridized carbons (Fsp3) is 0.500. The zero-order chi connectivity index (χ0) is 14.0. The molecule has 2 rings (SSSR count). The van der Waals surface area contributed by atoms with Crippen LogP contribution in [0, 0.1) is 11.2 Å². The number of nitrogens with one attached hydrogen (secondary N) is 1. The molecule has 1 heterocycles. The van der Waals surface area contributed by atoms with E-state index in [9.17, 15) is 4.39 Å². The summed E-state index contributed by atoms with van der Waals surface area (Å²) in [5.41, 5.74) is 0.709. The minimum Gasteiger partial charge on any atom is -0.333 e. The zero-order valence-electron chi connectivity index (χ0n) is 11.3. The summed E-state index contributed by atoms with van der Waals surface area (Å²) in [5.74, 6) is -0.352. The van der Waals surface area contributed by atoms with Crippen molar-refractivity contribution in [1.82, 2.24) is 0 Å².